The van der Waals surface area contributed by atoms with Gasteiger partial charge in [0.2, 0.25) is 0 Å². The fourth-order valence-corrected chi connectivity index (χ4v) is 1.69. The molecule has 3 heteroatoms. The van der Waals surface area contributed by atoms with Crippen molar-refractivity contribution in [3.63, 3.8) is 0 Å². The molecule has 2 nitrogen and oxygen atoms in total. The van der Waals surface area contributed by atoms with Crippen molar-refractivity contribution >= 4 is 0 Å². The standard InChI is InChI=1S/C14H16FNO/c1-10-7-8-14(17-10)11(2)16-9-12-5-3-4-6-13(12)15/h3-8,11,16H,9H2,1-2H3. The van der Waals surface area contributed by atoms with Crippen LogP contribution >= 0.6 is 0 Å². The lowest BCUT2D eigenvalue weighted by atomic mass is 10.2. The first-order valence-corrected chi connectivity index (χ1v) is 5.70. The monoisotopic (exact) mass is 233 g/mol. The van der Waals surface area contributed by atoms with Gasteiger partial charge in [-0.05, 0) is 32.0 Å². The summed E-state index contributed by atoms with van der Waals surface area (Å²) in [6.07, 6.45) is 0. The molecular weight excluding hydrogens is 217 g/mol. The van der Waals surface area contributed by atoms with Crippen molar-refractivity contribution in [1.29, 1.82) is 0 Å². The van der Waals surface area contributed by atoms with Gasteiger partial charge in [-0.15, -0.1) is 0 Å². The number of rotatable bonds is 4. The molecule has 0 bridgehead atoms. The largest absolute Gasteiger partial charge is 0.465 e. The highest BCUT2D eigenvalue weighted by molar-refractivity contribution is 5.17. The van der Waals surface area contributed by atoms with Crippen molar-refractivity contribution < 1.29 is 8.81 Å². The number of benzene rings is 1. The van der Waals surface area contributed by atoms with Crippen molar-refractivity contribution in [3.05, 3.63) is 59.3 Å². The highest BCUT2D eigenvalue weighted by atomic mass is 19.1. The fourth-order valence-electron chi connectivity index (χ4n) is 1.69. The van der Waals surface area contributed by atoms with Gasteiger partial charge in [0.25, 0.3) is 0 Å². The first kappa shape index (κ1) is 11.9. The molecule has 1 atom stereocenters. The zero-order valence-electron chi connectivity index (χ0n) is 10.0. The van der Waals surface area contributed by atoms with E-state index in [2.05, 4.69) is 5.32 Å². The SMILES string of the molecule is Cc1ccc(C(C)NCc2ccccc2F)o1. The van der Waals surface area contributed by atoms with Gasteiger partial charge < -0.3 is 9.73 Å². The number of halogens is 1. The first-order chi connectivity index (χ1) is 8.16. The number of hydrogen-bond acceptors (Lipinski definition) is 2. The van der Waals surface area contributed by atoms with Gasteiger partial charge in [0.05, 0.1) is 6.04 Å². The van der Waals surface area contributed by atoms with Crippen molar-refractivity contribution in [2.75, 3.05) is 0 Å². The van der Waals surface area contributed by atoms with Gasteiger partial charge in [-0.2, -0.15) is 0 Å². The summed E-state index contributed by atoms with van der Waals surface area (Å²) in [7, 11) is 0. The average Bonchev–Trinajstić information content (AvgIpc) is 2.74. The van der Waals surface area contributed by atoms with Crippen LogP contribution in [0.3, 0.4) is 0 Å². The zero-order chi connectivity index (χ0) is 12.3. The third-order valence-electron chi connectivity index (χ3n) is 2.74. The Kier molecular flexibility index (Phi) is 3.59. The lowest BCUT2D eigenvalue weighted by molar-refractivity contribution is 0.413. The molecule has 1 unspecified atom stereocenters. The lowest BCUT2D eigenvalue weighted by Crippen LogP contribution is -2.18. The Balaban J connectivity index is 1.97. The van der Waals surface area contributed by atoms with Crippen molar-refractivity contribution in [2.45, 2.75) is 26.4 Å². The molecule has 1 aromatic carbocycles. The van der Waals surface area contributed by atoms with Gasteiger partial charge in [0, 0.05) is 12.1 Å². The number of aryl methyl sites for hydroxylation is 1. The van der Waals surface area contributed by atoms with Gasteiger partial charge >= 0.3 is 0 Å². The maximum Gasteiger partial charge on any atom is 0.127 e. The summed E-state index contributed by atoms with van der Waals surface area (Å²) in [5, 5.41) is 3.24. The van der Waals surface area contributed by atoms with E-state index in [-0.39, 0.29) is 11.9 Å². The minimum atomic E-state index is -0.178. The Hall–Kier alpha value is -1.61. The van der Waals surface area contributed by atoms with Crippen LogP contribution in [0, 0.1) is 12.7 Å². The molecule has 2 aromatic rings. The Bertz CT molecular complexity index is 492. The van der Waals surface area contributed by atoms with Gasteiger partial charge in [-0.25, -0.2) is 4.39 Å². The average molecular weight is 233 g/mol. The van der Waals surface area contributed by atoms with E-state index < -0.39 is 0 Å². The second-order valence-electron chi connectivity index (χ2n) is 4.14. The summed E-state index contributed by atoms with van der Waals surface area (Å²) in [4.78, 5) is 0. The van der Waals surface area contributed by atoms with Crippen molar-refractivity contribution in [1.82, 2.24) is 5.32 Å². The summed E-state index contributed by atoms with van der Waals surface area (Å²) >= 11 is 0. The van der Waals surface area contributed by atoms with Crippen LogP contribution in [-0.2, 0) is 6.54 Å². The molecule has 1 aromatic heterocycles. The second kappa shape index (κ2) is 5.15. The topological polar surface area (TPSA) is 25.2 Å². The molecule has 2 rings (SSSR count). The summed E-state index contributed by atoms with van der Waals surface area (Å²) in [5.74, 6) is 1.58. The minimum absolute atomic E-state index is 0.0725. The third-order valence-corrected chi connectivity index (χ3v) is 2.74. The number of nitrogens with one attached hydrogen (secondary N) is 1. The molecule has 0 amide bonds. The van der Waals surface area contributed by atoms with Crippen LogP contribution < -0.4 is 5.32 Å². The molecule has 0 aliphatic carbocycles. The third kappa shape index (κ3) is 2.94. The molecular formula is C14H16FNO. The number of furan rings is 1. The molecule has 90 valence electrons. The van der Waals surface area contributed by atoms with Gasteiger partial charge in [-0.3, -0.25) is 0 Å². The van der Waals surface area contributed by atoms with E-state index in [9.17, 15) is 4.39 Å². The minimum Gasteiger partial charge on any atom is -0.465 e. The maximum atomic E-state index is 13.4. The van der Waals surface area contributed by atoms with E-state index in [1.807, 2.05) is 32.0 Å². The molecule has 1 heterocycles. The molecule has 0 saturated carbocycles. The van der Waals surface area contributed by atoms with Gasteiger partial charge in [0.1, 0.15) is 17.3 Å². The maximum absolute atomic E-state index is 13.4. The van der Waals surface area contributed by atoms with Crippen LogP contribution in [-0.4, -0.2) is 0 Å². The predicted octanol–water partition coefficient (Wildman–Crippen LogP) is 3.58. The molecule has 0 aliphatic rings. The van der Waals surface area contributed by atoms with Crippen LogP contribution in [0.15, 0.2) is 40.8 Å². The Morgan fingerprint density at radius 1 is 1.24 bits per heavy atom. The van der Waals surface area contributed by atoms with E-state index in [1.165, 1.54) is 6.07 Å². The highest BCUT2D eigenvalue weighted by Crippen LogP contribution is 2.16. The Morgan fingerprint density at radius 2 is 2.00 bits per heavy atom. The molecule has 1 N–H and O–H groups in total. The highest BCUT2D eigenvalue weighted by Gasteiger charge is 2.09. The first-order valence-electron chi connectivity index (χ1n) is 5.70. The molecule has 0 aliphatic heterocycles. The predicted molar refractivity (Wildman–Crippen MR) is 65.1 cm³/mol. The second-order valence-corrected chi connectivity index (χ2v) is 4.14. The molecule has 17 heavy (non-hydrogen) atoms. The van der Waals surface area contributed by atoms with Crippen LogP contribution in [0.2, 0.25) is 0 Å². The summed E-state index contributed by atoms with van der Waals surface area (Å²) < 4.78 is 18.9. The van der Waals surface area contributed by atoms with Crippen LogP contribution in [0.25, 0.3) is 0 Å². The Labute approximate surface area is 100 Å². The fraction of sp³-hybridized carbons (Fsp3) is 0.286. The summed E-state index contributed by atoms with van der Waals surface area (Å²) in [6, 6.07) is 10.7. The van der Waals surface area contributed by atoms with Crippen molar-refractivity contribution in [2.24, 2.45) is 0 Å². The number of hydrogen-bond donors (Lipinski definition) is 1. The molecule has 0 saturated heterocycles. The van der Waals surface area contributed by atoms with Gasteiger partial charge in [-0.1, -0.05) is 18.2 Å². The smallest absolute Gasteiger partial charge is 0.127 e. The zero-order valence-corrected chi connectivity index (χ0v) is 10.0. The summed E-state index contributed by atoms with van der Waals surface area (Å²) in [6.45, 7) is 4.40. The van der Waals surface area contributed by atoms with Crippen LogP contribution in [0.4, 0.5) is 4.39 Å². The molecule has 0 fully saturated rings. The van der Waals surface area contributed by atoms with E-state index in [0.29, 0.717) is 12.1 Å². The quantitative estimate of drug-likeness (QED) is 0.873. The van der Waals surface area contributed by atoms with E-state index in [0.717, 1.165) is 11.5 Å². The van der Waals surface area contributed by atoms with E-state index in [1.54, 1.807) is 12.1 Å². The Morgan fingerprint density at radius 3 is 2.65 bits per heavy atom. The lowest BCUT2D eigenvalue weighted by Gasteiger charge is -2.11. The van der Waals surface area contributed by atoms with Crippen LogP contribution in [0.1, 0.15) is 30.0 Å². The van der Waals surface area contributed by atoms with Crippen molar-refractivity contribution in [3.8, 4) is 0 Å². The van der Waals surface area contributed by atoms with Gasteiger partial charge in [0.15, 0.2) is 0 Å². The van der Waals surface area contributed by atoms with E-state index in [4.69, 9.17) is 4.42 Å². The summed E-state index contributed by atoms with van der Waals surface area (Å²) in [5.41, 5.74) is 0.669. The normalized spacial score (nSPS) is 12.6. The van der Waals surface area contributed by atoms with Crippen LogP contribution in [0.5, 0.6) is 0 Å². The molecule has 0 radical (unpaired) electrons. The molecule has 0 spiro atoms. The van der Waals surface area contributed by atoms with E-state index >= 15 is 0 Å².